The van der Waals surface area contributed by atoms with Gasteiger partial charge in [-0.15, -0.1) is 0 Å². The molecule has 1 atom stereocenters. The summed E-state index contributed by atoms with van der Waals surface area (Å²) in [6, 6.07) is 0. The van der Waals surface area contributed by atoms with Gasteiger partial charge in [0.15, 0.2) is 12.0 Å². The molecule has 0 radical (unpaired) electrons. The lowest BCUT2D eigenvalue weighted by molar-refractivity contribution is -0.186. The molecule has 0 bridgehead atoms. The van der Waals surface area contributed by atoms with Gasteiger partial charge in [-0.3, -0.25) is 5.01 Å². The van der Waals surface area contributed by atoms with E-state index < -0.39 is 5.66 Å². The Labute approximate surface area is 91.4 Å². The van der Waals surface area contributed by atoms with Gasteiger partial charge in [0.2, 0.25) is 0 Å². The Morgan fingerprint density at radius 2 is 1.93 bits per heavy atom. The molecule has 0 aliphatic carbocycles. The minimum Gasteiger partial charge on any atom is -0.349 e. The molecule has 1 rings (SSSR count). The number of ether oxygens (including phenoxy) is 2. The lowest BCUT2D eigenvalue weighted by Gasteiger charge is -2.34. The van der Waals surface area contributed by atoms with Crippen LogP contribution in [-0.2, 0) is 9.47 Å². The van der Waals surface area contributed by atoms with Crippen molar-refractivity contribution in [3.63, 3.8) is 0 Å². The summed E-state index contributed by atoms with van der Waals surface area (Å²) in [4.78, 5) is 4.44. The van der Waals surface area contributed by atoms with Gasteiger partial charge in [0, 0.05) is 20.3 Å². The Bertz CT molecular complexity index is 217. The maximum atomic E-state index is 5.58. The van der Waals surface area contributed by atoms with Crippen molar-refractivity contribution in [3.8, 4) is 0 Å². The largest absolute Gasteiger partial charge is 0.349 e. The zero-order valence-electron chi connectivity index (χ0n) is 9.99. The zero-order chi connectivity index (χ0) is 11.3. The summed E-state index contributed by atoms with van der Waals surface area (Å²) in [7, 11) is 1.91. The molecular formula is C10H21N3O2. The third-order valence-corrected chi connectivity index (χ3v) is 2.40. The van der Waals surface area contributed by atoms with Gasteiger partial charge in [-0.1, -0.05) is 6.92 Å². The first-order chi connectivity index (χ1) is 7.18. The van der Waals surface area contributed by atoms with Crippen molar-refractivity contribution < 1.29 is 9.47 Å². The molecule has 0 saturated carbocycles. The van der Waals surface area contributed by atoms with Crippen LogP contribution >= 0.6 is 0 Å². The topological polar surface area (TPSA) is 46.1 Å². The fourth-order valence-electron chi connectivity index (χ4n) is 1.63. The summed E-state index contributed by atoms with van der Waals surface area (Å²) < 4.78 is 11.2. The van der Waals surface area contributed by atoms with E-state index in [-0.39, 0.29) is 6.29 Å². The van der Waals surface area contributed by atoms with Gasteiger partial charge in [0.1, 0.15) is 6.34 Å². The van der Waals surface area contributed by atoms with Crippen LogP contribution in [-0.4, -0.2) is 43.6 Å². The highest BCUT2D eigenvalue weighted by atomic mass is 16.7. The van der Waals surface area contributed by atoms with Crippen LogP contribution in [0, 0.1) is 0 Å². The van der Waals surface area contributed by atoms with Gasteiger partial charge in [-0.25, -0.2) is 10.4 Å². The number of rotatable bonds is 6. The molecule has 1 aliphatic heterocycles. The average molecular weight is 215 g/mol. The second kappa shape index (κ2) is 5.44. The molecule has 1 heterocycles. The molecule has 0 aromatic heterocycles. The minimum absolute atomic E-state index is 0.335. The molecule has 88 valence electrons. The molecule has 0 amide bonds. The van der Waals surface area contributed by atoms with Gasteiger partial charge in [-0.2, -0.15) is 0 Å². The number of nitrogens with zero attached hydrogens (tertiary/aromatic N) is 2. The summed E-state index contributed by atoms with van der Waals surface area (Å²) in [5, 5.41) is 1.83. The van der Waals surface area contributed by atoms with E-state index in [0.717, 1.165) is 6.42 Å². The van der Waals surface area contributed by atoms with Crippen molar-refractivity contribution in [1.29, 1.82) is 0 Å². The molecule has 0 spiro atoms. The van der Waals surface area contributed by atoms with Crippen LogP contribution in [0.3, 0.4) is 0 Å². The average Bonchev–Trinajstić information content (AvgIpc) is 2.61. The molecule has 0 aromatic rings. The maximum Gasteiger partial charge on any atom is 0.197 e. The van der Waals surface area contributed by atoms with Crippen LogP contribution < -0.4 is 5.43 Å². The molecule has 5 heteroatoms. The van der Waals surface area contributed by atoms with Gasteiger partial charge >= 0.3 is 0 Å². The smallest absolute Gasteiger partial charge is 0.197 e. The molecule has 15 heavy (non-hydrogen) atoms. The molecule has 0 fully saturated rings. The van der Waals surface area contributed by atoms with Crippen molar-refractivity contribution >= 4 is 6.34 Å². The monoisotopic (exact) mass is 215 g/mol. The van der Waals surface area contributed by atoms with E-state index >= 15 is 0 Å². The number of hydrazine groups is 1. The predicted octanol–water partition coefficient (Wildman–Crippen LogP) is 0.970. The van der Waals surface area contributed by atoms with E-state index in [2.05, 4.69) is 17.3 Å². The highest BCUT2D eigenvalue weighted by Crippen LogP contribution is 2.24. The van der Waals surface area contributed by atoms with Gasteiger partial charge in [0.05, 0.1) is 0 Å². The standard InChI is InChI=1S/C10H21N3O2/c1-5-10(11-8-13(4)12-10)9(14-6-2)15-7-3/h8-9,12H,5-7H2,1-4H3. The summed E-state index contributed by atoms with van der Waals surface area (Å²) in [5.74, 6) is 0. The quantitative estimate of drug-likeness (QED) is 0.671. The van der Waals surface area contributed by atoms with E-state index in [4.69, 9.17) is 9.47 Å². The molecule has 5 nitrogen and oxygen atoms in total. The second-order valence-electron chi connectivity index (χ2n) is 3.49. The number of aliphatic imine (C=N–C) groups is 1. The molecule has 0 aromatic carbocycles. The Morgan fingerprint density at radius 3 is 2.27 bits per heavy atom. The third kappa shape index (κ3) is 2.68. The minimum atomic E-state index is -0.471. The number of nitrogens with one attached hydrogen (secondary N) is 1. The summed E-state index contributed by atoms with van der Waals surface area (Å²) in [5.41, 5.74) is 2.78. The molecular weight excluding hydrogens is 194 g/mol. The Hall–Kier alpha value is -0.650. The first-order valence-electron chi connectivity index (χ1n) is 5.47. The van der Waals surface area contributed by atoms with Crippen LogP contribution in [0.1, 0.15) is 27.2 Å². The van der Waals surface area contributed by atoms with Crippen LogP contribution in [0.5, 0.6) is 0 Å². The Morgan fingerprint density at radius 1 is 1.33 bits per heavy atom. The molecule has 0 saturated heterocycles. The van der Waals surface area contributed by atoms with Crippen molar-refractivity contribution in [2.45, 2.75) is 39.1 Å². The van der Waals surface area contributed by atoms with E-state index in [1.54, 1.807) is 6.34 Å². The van der Waals surface area contributed by atoms with E-state index in [9.17, 15) is 0 Å². The van der Waals surface area contributed by atoms with Gasteiger partial charge in [-0.05, 0) is 20.3 Å². The van der Waals surface area contributed by atoms with E-state index in [1.807, 2.05) is 25.9 Å². The summed E-state index contributed by atoms with van der Waals surface area (Å²) in [6.07, 6.45) is 2.24. The summed E-state index contributed by atoms with van der Waals surface area (Å²) in [6.45, 7) is 7.21. The second-order valence-corrected chi connectivity index (χ2v) is 3.49. The number of hydrogen-bond donors (Lipinski definition) is 1. The SMILES string of the molecule is CCOC(OCC)C1(CC)N=CN(C)N1. The normalized spacial score (nSPS) is 25.5. The fourth-order valence-corrected chi connectivity index (χ4v) is 1.63. The van der Waals surface area contributed by atoms with Crippen molar-refractivity contribution in [2.75, 3.05) is 20.3 Å². The molecule has 1 unspecified atom stereocenters. The van der Waals surface area contributed by atoms with Gasteiger partial charge < -0.3 is 9.47 Å². The molecule has 1 N–H and O–H groups in total. The Balaban J connectivity index is 2.73. The fraction of sp³-hybridized carbons (Fsp3) is 0.900. The van der Waals surface area contributed by atoms with Crippen molar-refractivity contribution in [2.24, 2.45) is 4.99 Å². The van der Waals surface area contributed by atoms with Crippen molar-refractivity contribution in [3.05, 3.63) is 0 Å². The van der Waals surface area contributed by atoms with Crippen LogP contribution in [0.2, 0.25) is 0 Å². The van der Waals surface area contributed by atoms with Crippen LogP contribution in [0.25, 0.3) is 0 Å². The summed E-state index contributed by atoms with van der Waals surface area (Å²) >= 11 is 0. The predicted molar refractivity (Wildman–Crippen MR) is 59.5 cm³/mol. The zero-order valence-corrected chi connectivity index (χ0v) is 9.99. The third-order valence-electron chi connectivity index (χ3n) is 2.40. The first kappa shape index (κ1) is 12.4. The number of hydrogen-bond acceptors (Lipinski definition) is 5. The van der Waals surface area contributed by atoms with E-state index in [1.165, 1.54) is 0 Å². The first-order valence-corrected chi connectivity index (χ1v) is 5.47. The van der Waals surface area contributed by atoms with Crippen LogP contribution in [0.15, 0.2) is 4.99 Å². The van der Waals surface area contributed by atoms with Gasteiger partial charge in [0.25, 0.3) is 0 Å². The van der Waals surface area contributed by atoms with E-state index in [0.29, 0.717) is 13.2 Å². The lowest BCUT2D eigenvalue weighted by atomic mass is 10.1. The van der Waals surface area contributed by atoms with Crippen LogP contribution in [0.4, 0.5) is 0 Å². The lowest BCUT2D eigenvalue weighted by Crippen LogP contribution is -2.55. The maximum absolute atomic E-state index is 5.58. The Kier molecular flexibility index (Phi) is 4.50. The highest BCUT2D eigenvalue weighted by Gasteiger charge is 2.41. The van der Waals surface area contributed by atoms with Crippen molar-refractivity contribution in [1.82, 2.24) is 10.4 Å². The highest BCUT2D eigenvalue weighted by molar-refractivity contribution is 5.57. The molecule has 1 aliphatic rings.